The van der Waals surface area contributed by atoms with Gasteiger partial charge >= 0.3 is 0 Å². The summed E-state index contributed by atoms with van der Waals surface area (Å²) < 4.78 is 12.8. The van der Waals surface area contributed by atoms with Crippen molar-refractivity contribution in [3.8, 4) is 0 Å². The van der Waals surface area contributed by atoms with Gasteiger partial charge in [-0.05, 0) is 31.5 Å². The number of nitrogens with two attached hydrogens (primary N) is 1. The van der Waals surface area contributed by atoms with E-state index in [0.717, 1.165) is 5.56 Å². The van der Waals surface area contributed by atoms with Crippen LogP contribution in [0.15, 0.2) is 24.3 Å². The topological polar surface area (TPSA) is 55.1 Å². The molecule has 0 aliphatic carbocycles. The number of hydrogen-bond acceptors (Lipinski definition) is 3. The molecule has 5 heteroatoms. The largest absolute Gasteiger partial charge is 0.353 e. The first-order valence-corrected chi connectivity index (χ1v) is 6.94. The third-order valence-electron chi connectivity index (χ3n) is 2.32. The summed E-state index contributed by atoms with van der Waals surface area (Å²) in [6.07, 6.45) is 0. The van der Waals surface area contributed by atoms with Gasteiger partial charge in [-0.25, -0.2) is 4.39 Å². The van der Waals surface area contributed by atoms with Gasteiger partial charge in [0.15, 0.2) is 0 Å². The summed E-state index contributed by atoms with van der Waals surface area (Å²) in [7, 11) is 0. The van der Waals surface area contributed by atoms with Gasteiger partial charge in [0.1, 0.15) is 5.82 Å². The van der Waals surface area contributed by atoms with Gasteiger partial charge in [-0.1, -0.05) is 12.1 Å². The molecule has 0 heterocycles. The monoisotopic (exact) mass is 270 g/mol. The third-order valence-corrected chi connectivity index (χ3v) is 3.62. The molecular formula is C13H19FN2OS. The number of hydrogen-bond donors (Lipinski definition) is 2. The molecule has 1 amide bonds. The van der Waals surface area contributed by atoms with Crippen molar-refractivity contribution < 1.29 is 9.18 Å². The molecule has 18 heavy (non-hydrogen) atoms. The van der Waals surface area contributed by atoms with Crippen molar-refractivity contribution in [2.24, 2.45) is 5.73 Å². The molecule has 0 saturated carbocycles. The molecular weight excluding hydrogens is 251 g/mol. The van der Waals surface area contributed by atoms with Crippen LogP contribution in [0.5, 0.6) is 0 Å². The number of amides is 1. The fraction of sp³-hybridized carbons (Fsp3) is 0.462. The maximum atomic E-state index is 12.8. The fourth-order valence-electron chi connectivity index (χ4n) is 1.52. The first kappa shape index (κ1) is 15.0. The summed E-state index contributed by atoms with van der Waals surface area (Å²) in [5.41, 5.74) is 6.63. The van der Waals surface area contributed by atoms with Gasteiger partial charge in [-0.15, -0.1) is 11.8 Å². The maximum absolute atomic E-state index is 12.8. The van der Waals surface area contributed by atoms with Crippen LogP contribution in [-0.2, 0) is 4.79 Å². The summed E-state index contributed by atoms with van der Waals surface area (Å²) in [5.74, 6) is 0.0878. The van der Waals surface area contributed by atoms with Gasteiger partial charge in [0, 0.05) is 17.8 Å². The van der Waals surface area contributed by atoms with Crippen LogP contribution in [0.3, 0.4) is 0 Å². The van der Waals surface area contributed by atoms with E-state index in [1.54, 1.807) is 12.1 Å². The molecule has 1 rings (SSSR count). The second-order valence-corrected chi connectivity index (χ2v) is 5.50. The SMILES string of the molecule is CC(C)NC(=O)CSC(CN)c1ccc(F)cc1. The lowest BCUT2D eigenvalue weighted by molar-refractivity contribution is -0.119. The molecule has 3 N–H and O–H groups in total. The number of carbonyl (C=O) groups excluding carboxylic acids is 1. The Labute approximate surface area is 111 Å². The van der Waals surface area contributed by atoms with Crippen molar-refractivity contribution >= 4 is 17.7 Å². The van der Waals surface area contributed by atoms with Crippen molar-refractivity contribution in [2.75, 3.05) is 12.3 Å². The van der Waals surface area contributed by atoms with E-state index in [-0.39, 0.29) is 23.0 Å². The number of nitrogens with one attached hydrogen (secondary N) is 1. The Morgan fingerprint density at radius 1 is 1.39 bits per heavy atom. The number of thioether (sulfide) groups is 1. The van der Waals surface area contributed by atoms with E-state index in [1.165, 1.54) is 23.9 Å². The van der Waals surface area contributed by atoms with Crippen LogP contribution in [0.25, 0.3) is 0 Å². The van der Waals surface area contributed by atoms with Gasteiger partial charge in [0.05, 0.1) is 5.75 Å². The van der Waals surface area contributed by atoms with Gasteiger partial charge < -0.3 is 11.1 Å². The first-order valence-electron chi connectivity index (χ1n) is 5.89. The lowest BCUT2D eigenvalue weighted by Crippen LogP contribution is -2.32. The molecule has 1 aromatic rings. The molecule has 0 aliphatic heterocycles. The summed E-state index contributed by atoms with van der Waals surface area (Å²) in [6.45, 7) is 4.26. The van der Waals surface area contributed by atoms with Crippen LogP contribution in [0, 0.1) is 5.82 Å². The minimum Gasteiger partial charge on any atom is -0.353 e. The van der Waals surface area contributed by atoms with Crippen molar-refractivity contribution in [3.05, 3.63) is 35.6 Å². The van der Waals surface area contributed by atoms with Crippen LogP contribution in [-0.4, -0.2) is 24.2 Å². The smallest absolute Gasteiger partial charge is 0.230 e. The highest BCUT2D eigenvalue weighted by molar-refractivity contribution is 8.00. The molecule has 1 unspecified atom stereocenters. The molecule has 1 atom stereocenters. The standard InChI is InChI=1S/C13H19FN2OS/c1-9(2)16-13(17)8-18-12(7-15)10-3-5-11(14)6-4-10/h3-6,9,12H,7-8,15H2,1-2H3,(H,16,17). The predicted octanol–water partition coefficient (Wildman–Crippen LogP) is 2.08. The predicted molar refractivity (Wildman–Crippen MR) is 73.9 cm³/mol. The second kappa shape index (κ2) is 7.38. The lowest BCUT2D eigenvalue weighted by atomic mass is 10.1. The summed E-state index contributed by atoms with van der Waals surface area (Å²) in [6, 6.07) is 6.38. The lowest BCUT2D eigenvalue weighted by Gasteiger charge is -2.15. The fourth-order valence-corrected chi connectivity index (χ4v) is 2.44. The van der Waals surface area contributed by atoms with Crippen LogP contribution in [0.2, 0.25) is 0 Å². The molecule has 0 radical (unpaired) electrons. The highest BCUT2D eigenvalue weighted by Crippen LogP contribution is 2.27. The molecule has 100 valence electrons. The molecule has 0 fully saturated rings. The quantitative estimate of drug-likeness (QED) is 0.832. The Hall–Kier alpha value is -1.07. The van der Waals surface area contributed by atoms with Gasteiger partial charge in [0.2, 0.25) is 5.91 Å². The van der Waals surface area contributed by atoms with E-state index in [1.807, 2.05) is 13.8 Å². The van der Waals surface area contributed by atoms with E-state index < -0.39 is 0 Å². The Morgan fingerprint density at radius 2 is 2.00 bits per heavy atom. The Balaban J connectivity index is 2.52. The third kappa shape index (κ3) is 5.06. The van der Waals surface area contributed by atoms with Gasteiger partial charge in [0.25, 0.3) is 0 Å². The molecule has 0 bridgehead atoms. The zero-order valence-corrected chi connectivity index (χ0v) is 11.5. The summed E-state index contributed by atoms with van der Waals surface area (Å²) >= 11 is 1.47. The van der Waals surface area contributed by atoms with Crippen molar-refractivity contribution in [1.29, 1.82) is 0 Å². The number of halogens is 1. The van der Waals surface area contributed by atoms with Crippen LogP contribution in [0.1, 0.15) is 24.7 Å². The molecule has 0 aromatic heterocycles. The van der Waals surface area contributed by atoms with Gasteiger partial charge in [-0.2, -0.15) is 0 Å². The average Bonchev–Trinajstić information content (AvgIpc) is 2.31. The number of benzene rings is 1. The van der Waals surface area contributed by atoms with Crippen LogP contribution in [0.4, 0.5) is 4.39 Å². The van der Waals surface area contributed by atoms with Gasteiger partial charge in [-0.3, -0.25) is 4.79 Å². The van der Waals surface area contributed by atoms with Crippen molar-refractivity contribution in [3.63, 3.8) is 0 Å². The highest BCUT2D eigenvalue weighted by Gasteiger charge is 2.13. The van der Waals surface area contributed by atoms with E-state index in [2.05, 4.69) is 5.32 Å². The highest BCUT2D eigenvalue weighted by atomic mass is 32.2. The zero-order chi connectivity index (χ0) is 13.5. The van der Waals surface area contributed by atoms with E-state index in [4.69, 9.17) is 5.73 Å². The van der Waals surface area contributed by atoms with E-state index in [9.17, 15) is 9.18 Å². The van der Waals surface area contributed by atoms with Crippen LogP contribution >= 0.6 is 11.8 Å². The zero-order valence-electron chi connectivity index (χ0n) is 10.7. The maximum Gasteiger partial charge on any atom is 0.230 e. The Bertz CT molecular complexity index is 381. The molecule has 0 saturated heterocycles. The Kier molecular flexibility index (Phi) is 6.15. The molecule has 0 aliphatic rings. The second-order valence-electron chi connectivity index (χ2n) is 4.31. The average molecular weight is 270 g/mol. The minimum absolute atomic E-state index is 0.00411. The molecule has 0 spiro atoms. The number of carbonyl (C=O) groups is 1. The molecule has 1 aromatic carbocycles. The van der Waals surface area contributed by atoms with E-state index >= 15 is 0 Å². The first-order chi connectivity index (χ1) is 8.52. The minimum atomic E-state index is -0.267. The summed E-state index contributed by atoms with van der Waals surface area (Å²) in [4.78, 5) is 11.5. The molecule has 3 nitrogen and oxygen atoms in total. The van der Waals surface area contributed by atoms with Crippen LogP contribution < -0.4 is 11.1 Å². The normalized spacial score (nSPS) is 12.5. The Morgan fingerprint density at radius 3 is 2.50 bits per heavy atom. The van der Waals surface area contributed by atoms with Crippen molar-refractivity contribution in [2.45, 2.75) is 25.1 Å². The number of rotatable bonds is 6. The summed E-state index contributed by atoms with van der Waals surface area (Å²) in [5, 5.41) is 2.84. The van der Waals surface area contributed by atoms with E-state index in [0.29, 0.717) is 12.3 Å². The van der Waals surface area contributed by atoms with Crippen molar-refractivity contribution in [1.82, 2.24) is 5.32 Å².